The van der Waals surface area contributed by atoms with Crippen molar-refractivity contribution in [1.29, 1.82) is 5.26 Å². The van der Waals surface area contributed by atoms with Gasteiger partial charge >= 0.3 is 5.69 Å². The van der Waals surface area contributed by atoms with E-state index in [0.29, 0.717) is 30.0 Å². The van der Waals surface area contributed by atoms with E-state index in [-0.39, 0.29) is 35.6 Å². The maximum absolute atomic E-state index is 14.6. The number of ether oxygens (including phenoxy) is 2. The van der Waals surface area contributed by atoms with Crippen LogP contribution in [0.15, 0.2) is 41.2 Å². The quantitative estimate of drug-likeness (QED) is 0.585. The number of fused-ring (bicyclic) bond motifs is 1. The van der Waals surface area contributed by atoms with Gasteiger partial charge in [-0.1, -0.05) is 11.6 Å². The molecule has 0 radical (unpaired) electrons. The average Bonchev–Trinajstić information content (AvgIpc) is 3.03. The highest BCUT2D eigenvalue weighted by Crippen LogP contribution is 2.32. The van der Waals surface area contributed by atoms with Crippen LogP contribution in [0.5, 0.6) is 17.4 Å². The molecule has 0 amide bonds. The minimum atomic E-state index is -0.744. The number of nitrogens with zero attached hydrogens (tertiary/aromatic N) is 3. The second kappa shape index (κ2) is 8.74. The zero-order chi connectivity index (χ0) is 22.0. The highest BCUT2D eigenvalue weighted by atomic mass is 35.5. The summed E-state index contributed by atoms with van der Waals surface area (Å²) in [5.74, 6) is -0.270. The molecule has 0 spiro atoms. The summed E-state index contributed by atoms with van der Waals surface area (Å²) in [5.41, 5.74) is 0.407. The van der Waals surface area contributed by atoms with Crippen LogP contribution in [0.4, 0.5) is 4.39 Å². The molecule has 0 bridgehead atoms. The Labute approximate surface area is 182 Å². The number of nitriles is 1. The Morgan fingerprint density at radius 3 is 2.61 bits per heavy atom. The number of aromatic nitrogens is 2. The molecular weight excluding hydrogens is 425 g/mol. The number of aromatic hydroxyl groups is 1. The largest absolute Gasteiger partial charge is 0.493 e. The number of imidazole rings is 1. The smallest absolute Gasteiger partial charge is 0.336 e. The van der Waals surface area contributed by atoms with Crippen LogP contribution in [0.25, 0.3) is 5.69 Å². The number of rotatable bonds is 6. The molecular formula is C22H19ClFN3O4. The van der Waals surface area contributed by atoms with E-state index < -0.39 is 11.5 Å². The lowest BCUT2D eigenvalue weighted by atomic mass is 10.1. The summed E-state index contributed by atoms with van der Waals surface area (Å²) in [4.78, 5) is 12.7. The number of halogens is 2. The van der Waals surface area contributed by atoms with E-state index in [1.165, 1.54) is 10.6 Å². The fraction of sp³-hybridized carbons (Fsp3) is 0.273. The zero-order valence-electron chi connectivity index (χ0n) is 16.5. The molecule has 2 heterocycles. The normalized spacial score (nSPS) is 12.8. The lowest BCUT2D eigenvalue weighted by molar-refractivity contribution is 0.217. The minimum absolute atomic E-state index is 0.0381. The molecule has 0 aliphatic carbocycles. The van der Waals surface area contributed by atoms with E-state index in [0.717, 1.165) is 23.5 Å². The van der Waals surface area contributed by atoms with Gasteiger partial charge in [0.25, 0.3) is 0 Å². The molecule has 9 heteroatoms. The predicted octanol–water partition coefficient (Wildman–Crippen LogP) is 3.80. The van der Waals surface area contributed by atoms with Crippen molar-refractivity contribution >= 4 is 11.6 Å². The molecule has 1 aliphatic heterocycles. The molecule has 1 aromatic heterocycles. The van der Waals surface area contributed by atoms with E-state index >= 15 is 0 Å². The summed E-state index contributed by atoms with van der Waals surface area (Å²) in [6, 6.07) is 11.0. The lowest BCUT2D eigenvalue weighted by Crippen LogP contribution is -2.26. The van der Waals surface area contributed by atoms with Crippen LogP contribution < -0.4 is 15.2 Å². The van der Waals surface area contributed by atoms with Gasteiger partial charge in [-0.25, -0.2) is 13.8 Å². The number of hydrogen-bond donors (Lipinski definition) is 1. The summed E-state index contributed by atoms with van der Waals surface area (Å²) in [6.07, 6.45) is 2.24. The van der Waals surface area contributed by atoms with Crippen LogP contribution in [0.1, 0.15) is 24.1 Å². The summed E-state index contributed by atoms with van der Waals surface area (Å²) >= 11 is 6.11. The molecule has 0 fully saturated rings. The van der Waals surface area contributed by atoms with E-state index in [1.54, 1.807) is 24.3 Å². The second-order valence-electron chi connectivity index (χ2n) is 7.06. The highest BCUT2D eigenvalue weighted by Gasteiger charge is 2.25. The molecule has 0 unspecified atom stereocenters. The summed E-state index contributed by atoms with van der Waals surface area (Å²) in [5, 5.41) is 19.4. The molecule has 0 atom stereocenters. The molecule has 160 valence electrons. The molecule has 7 nitrogen and oxygen atoms in total. The fourth-order valence-corrected chi connectivity index (χ4v) is 3.78. The molecule has 1 aliphatic rings. The van der Waals surface area contributed by atoms with Crippen LogP contribution in [-0.4, -0.2) is 27.5 Å². The maximum Gasteiger partial charge on any atom is 0.336 e. The van der Waals surface area contributed by atoms with Gasteiger partial charge in [0.2, 0.25) is 5.88 Å². The zero-order valence-corrected chi connectivity index (χ0v) is 17.2. The van der Waals surface area contributed by atoms with Gasteiger partial charge in [0, 0.05) is 12.6 Å². The van der Waals surface area contributed by atoms with Gasteiger partial charge in [-0.3, -0.25) is 4.57 Å². The van der Waals surface area contributed by atoms with Gasteiger partial charge in [-0.2, -0.15) is 5.26 Å². The lowest BCUT2D eigenvalue weighted by Gasteiger charge is -2.12. The first-order valence-corrected chi connectivity index (χ1v) is 10.2. The van der Waals surface area contributed by atoms with Gasteiger partial charge in [-0.05, 0) is 49.6 Å². The minimum Gasteiger partial charge on any atom is -0.493 e. The third kappa shape index (κ3) is 4.09. The Balaban J connectivity index is 1.52. The van der Waals surface area contributed by atoms with Crippen molar-refractivity contribution < 1.29 is 19.0 Å². The molecule has 2 aromatic carbocycles. The van der Waals surface area contributed by atoms with Crippen molar-refractivity contribution in [2.75, 3.05) is 13.2 Å². The Morgan fingerprint density at radius 2 is 1.90 bits per heavy atom. The van der Waals surface area contributed by atoms with Crippen LogP contribution in [0.2, 0.25) is 5.02 Å². The third-order valence-corrected chi connectivity index (χ3v) is 5.39. The Kier molecular flexibility index (Phi) is 5.87. The monoisotopic (exact) mass is 443 g/mol. The molecule has 0 saturated heterocycles. The number of hydrogen-bond acceptors (Lipinski definition) is 5. The van der Waals surface area contributed by atoms with Crippen molar-refractivity contribution in [2.24, 2.45) is 0 Å². The molecule has 4 rings (SSSR count). The molecule has 0 saturated carbocycles. The number of benzene rings is 2. The van der Waals surface area contributed by atoms with Crippen LogP contribution in [0.3, 0.4) is 0 Å². The Hall–Kier alpha value is -3.44. The summed E-state index contributed by atoms with van der Waals surface area (Å²) in [6.45, 7) is 0.776. The van der Waals surface area contributed by atoms with Gasteiger partial charge in [0.05, 0.1) is 28.0 Å². The van der Waals surface area contributed by atoms with Crippen LogP contribution >= 0.6 is 11.6 Å². The maximum atomic E-state index is 14.6. The van der Waals surface area contributed by atoms with Crippen molar-refractivity contribution in [3.05, 3.63) is 69.0 Å². The first-order chi connectivity index (χ1) is 15.0. The third-order valence-electron chi connectivity index (χ3n) is 5.10. The summed E-state index contributed by atoms with van der Waals surface area (Å²) in [7, 11) is 0. The van der Waals surface area contributed by atoms with Crippen molar-refractivity contribution in [3.63, 3.8) is 0 Å². The first-order valence-electron chi connectivity index (χ1n) is 9.78. The predicted molar refractivity (Wildman–Crippen MR) is 112 cm³/mol. The van der Waals surface area contributed by atoms with Crippen LogP contribution in [0, 0.1) is 17.1 Å². The first kappa shape index (κ1) is 20.8. The highest BCUT2D eigenvalue weighted by molar-refractivity contribution is 6.32. The standard InChI is InChI=1S/C22H19ClFN3O4/c23-16-11-17(24)19(27-21(28)18-3-1-2-8-26(18)22(27)29)12-20(16)31-10-9-30-15-6-4-14(13-25)5-7-15/h4-7,11-12,28H,1-3,8-10H2. The van der Waals surface area contributed by atoms with Gasteiger partial charge in [0.1, 0.15) is 30.5 Å². The van der Waals surface area contributed by atoms with E-state index in [9.17, 15) is 14.3 Å². The van der Waals surface area contributed by atoms with Crippen LogP contribution in [-0.2, 0) is 13.0 Å². The molecule has 3 aromatic rings. The second-order valence-corrected chi connectivity index (χ2v) is 7.47. The van der Waals surface area contributed by atoms with Gasteiger partial charge in [0.15, 0.2) is 0 Å². The van der Waals surface area contributed by atoms with Crippen molar-refractivity contribution in [3.8, 4) is 29.1 Å². The van der Waals surface area contributed by atoms with E-state index in [2.05, 4.69) is 0 Å². The average molecular weight is 444 g/mol. The van der Waals surface area contributed by atoms with E-state index in [4.69, 9.17) is 26.3 Å². The SMILES string of the molecule is N#Cc1ccc(OCCOc2cc(-n3c(O)c4n(c3=O)CCCC4)c(F)cc2Cl)cc1. The van der Waals surface area contributed by atoms with Gasteiger partial charge < -0.3 is 14.6 Å². The Morgan fingerprint density at radius 1 is 1.16 bits per heavy atom. The topological polar surface area (TPSA) is 89.4 Å². The van der Waals surface area contributed by atoms with Crippen molar-refractivity contribution in [2.45, 2.75) is 25.8 Å². The van der Waals surface area contributed by atoms with Crippen molar-refractivity contribution in [1.82, 2.24) is 9.13 Å². The summed E-state index contributed by atoms with van der Waals surface area (Å²) < 4.78 is 28.2. The Bertz CT molecular complexity index is 1210. The fourth-order valence-electron chi connectivity index (χ4n) is 3.57. The van der Waals surface area contributed by atoms with Gasteiger partial charge in [-0.15, -0.1) is 0 Å². The van der Waals surface area contributed by atoms with E-state index in [1.807, 2.05) is 6.07 Å². The molecule has 1 N–H and O–H groups in total. The molecule has 31 heavy (non-hydrogen) atoms.